The molecule has 0 amide bonds. The Morgan fingerprint density at radius 1 is 0.950 bits per heavy atom. The Bertz CT molecular complexity index is 714. The van der Waals surface area contributed by atoms with Gasteiger partial charge >= 0.3 is 0 Å². The minimum atomic E-state index is 0.203. The topological polar surface area (TPSA) is 37.8 Å². The fourth-order valence-electron chi connectivity index (χ4n) is 2.26. The highest BCUT2D eigenvalue weighted by molar-refractivity contribution is 5.88. The lowest BCUT2D eigenvalue weighted by Crippen LogP contribution is -2.08. The van der Waals surface area contributed by atoms with Crippen LogP contribution in [0.2, 0.25) is 0 Å². The normalized spacial score (nSPS) is 12.3. The molecule has 100 valence electrons. The maximum Gasteiger partial charge on any atom is 0.137 e. The third kappa shape index (κ3) is 2.48. The van der Waals surface area contributed by atoms with E-state index in [4.69, 9.17) is 0 Å². The lowest BCUT2D eigenvalue weighted by molar-refractivity contribution is 0.875. The Morgan fingerprint density at radius 2 is 1.70 bits per heavy atom. The molecule has 0 unspecified atom stereocenters. The average molecular weight is 263 g/mol. The molecule has 0 spiro atoms. The van der Waals surface area contributed by atoms with Crippen molar-refractivity contribution in [3.05, 3.63) is 66.0 Å². The zero-order valence-corrected chi connectivity index (χ0v) is 11.7. The molecule has 3 heteroatoms. The highest BCUT2D eigenvalue weighted by Gasteiger charge is 2.08. The quantitative estimate of drug-likeness (QED) is 0.772. The minimum absolute atomic E-state index is 0.203. The first-order valence-electron chi connectivity index (χ1n) is 6.77. The third-order valence-corrected chi connectivity index (χ3v) is 3.47. The van der Waals surface area contributed by atoms with Crippen molar-refractivity contribution in [1.82, 2.24) is 9.97 Å². The van der Waals surface area contributed by atoms with Gasteiger partial charge in [0.15, 0.2) is 0 Å². The van der Waals surface area contributed by atoms with Crippen LogP contribution in [-0.4, -0.2) is 9.97 Å². The summed E-state index contributed by atoms with van der Waals surface area (Å²) in [6, 6.07) is 16.8. The summed E-state index contributed by atoms with van der Waals surface area (Å²) < 4.78 is 0. The summed E-state index contributed by atoms with van der Waals surface area (Å²) in [4.78, 5) is 8.65. The summed E-state index contributed by atoms with van der Waals surface area (Å²) in [7, 11) is 0. The molecule has 3 rings (SSSR count). The van der Waals surface area contributed by atoms with Gasteiger partial charge in [0.2, 0.25) is 0 Å². The molecule has 20 heavy (non-hydrogen) atoms. The molecular weight excluding hydrogens is 246 g/mol. The van der Waals surface area contributed by atoms with Crippen LogP contribution in [0.4, 0.5) is 5.82 Å². The molecule has 1 heterocycles. The molecule has 0 saturated heterocycles. The zero-order valence-electron chi connectivity index (χ0n) is 11.7. The Morgan fingerprint density at radius 3 is 2.50 bits per heavy atom. The average Bonchev–Trinajstić information content (AvgIpc) is 2.48. The number of aryl methyl sites for hydroxylation is 1. The molecule has 0 aliphatic carbocycles. The van der Waals surface area contributed by atoms with E-state index in [1.54, 1.807) is 6.33 Å². The summed E-state index contributed by atoms with van der Waals surface area (Å²) in [5.41, 5.74) is 3.48. The van der Waals surface area contributed by atoms with E-state index in [9.17, 15) is 0 Å². The number of anilines is 1. The number of hydrogen-bond acceptors (Lipinski definition) is 3. The number of hydrogen-bond donors (Lipinski definition) is 1. The van der Waals surface area contributed by atoms with Gasteiger partial charge in [-0.05, 0) is 31.5 Å². The SMILES string of the molecule is Cc1ccc([C@H](C)Nc2ncnc3ccccc23)cc1. The van der Waals surface area contributed by atoms with Crippen LogP contribution in [0.5, 0.6) is 0 Å². The van der Waals surface area contributed by atoms with Gasteiger partial charge in [-0.1, -0.05) is 42.0 Å². The first-order chi connectivity index (χ1) is 9.74. The van der Waals surface area contributed by atoms with E-state index in [1.807, 2.05) is 24.3 Å². The summed E-state index contributed by atoms with van der Waals surface area (Å²) in [5, 5.41) is 4.52. The van der Waals surface area contributed by atoms with Gasteiger partial charge in [-0.2, -0.15) is 0 Å². The van der Waals surface area contributed by atoms with Crippen molar-refractivity contribution >= 4 is 16.7 Å². The molecule has 0 aliphatic rings. The minimum Gasteiger partial charge on any atom is -0.363 e. The molecule has 1 atom stereocenters. The van der Waals surface area contributed by atoms with E-state index in [0.29, 0.717) is 0 Å². The maximum absolute atomic E-state index is 4.37. The molecule has 3 aromatic rings. The van der Waals surface area contributed by atoms with Crippen LogP contribution in [0.1, 0.15) is 24.1 Å². The van der Waals surface area contributed by atoms with Crippen molar-refractivity contribution in [3.63, 3.8) is 0 Å². The van der Waals surface area contributed by atoms with Crippen LogP contribution in [0.3, 0.4) is 0 Å². The highest BCUT2D eigenvalue weighted by atomic mass is 15.0. The number of nitrogens with one attached hydrogen (secondary N) is 1. The van der Waals surface area contributed by atoms with Gasteiger partial charge in [-0.3, -0.25) is 0 Å². The van der Waals surface area contributed by atoms with Crippen LogP contribution in [0.15, 0.2) is 54.9 Å². The number of fused-ring (bicyclic) bond motifs is 1. The van der Waals surface area contributed by atoms with Gasteiger partial charge in [0.1, 0.15) is 12.1 Å². The van der Waals surface area contributed by atoms with E-state index in [0.717, 1.165) is 16.7 Å². The fraction of sp³-hybridized carbons (Fsp3) is 0.176. The molecule has 2 aromatic carbocycles. The first-order valence-corrected chi connectivity index (χ1v) is 6.77. The zero-order chi connectivity index (χ0) is 13.9. The third-order valence-electron chi connectivity index (χ3n) is 3.47. The predicted molar refractivity (Wildman–Crippen MR) is 82.8 cm³/mol. The Balaban J connectivity index is 1.91. The van der Waals surface area contributed by atoms with Crippen LogP contribution in [0.25, 0.3) is 10.9 Å². The number of benzene rings is 2. The molecular formula is C17H17N3. The van der Waals surface area contributed by atoms with E-state index in [2.05, 4.69) is 53.4 Å². The Hall–Kier alpha value is -2.42. The van der Waals surface area contributed by atoms with E-state index < -0.39 is 0 Å². The molecule has 0 radical (unpaired) electrons. The van der Waals surface area contributed by atoms with E-state index in [-0.39, 0.29) is 6.04 Å². The Labute approximate surface area is 118 Å². The van der Waals surface area contributed by atoms with E-state index >= 15 is 0 Å². The van der Waals surface area contributed by atoms with Gasteiger partial charge < -0.3 is 5.32 Å². The molecule has 0 saturated carbocycles. The largest absolute Gasteiger partial charge is 0.363 e. The van der Waals surface area contributed by atoms with Crippen LogP contribution in [0, 0.1) is 6.92 Å². The van der Waals surface area contributed by atoms with Crippen molar-refractivity contribution < 1.29 is 0 Å². The smallest absolute Gasteiger partial charge is 0.137 e. The Kier molecular flexibility index (Phi) is 3.33. The van der Waals surface area contributed by atoms with Gasteiger partial charge in [0.25, 0.3) is 0 Å². The maximum atomic E-state index is 4.37. The van der Waals surface area contributed by atoms with Crippen LogP contribution < -0.4 is 5.32 Å². The molecule has 1 N–H and O–H groups in total. The molecule has 3 nitrogen and oxygen atoms in total. The van der Waals surface area contributed by atoms with Gasteiger partial charge in [-0.25, -0.2) is 9.97 Å². The van der Waals surface area contributed by atoms with Crippen LogP contribution >= 0.6 is 0 Å². The van der Waals surface area contributed by atoms with Gasteiger partial charge in [0, 0.05) is 11.4 Å². The monoisotopic (exact) mass is 263 g/mol. The lowest BCUT2D eigenvalue weighted by Gasteiger charge is -2.16. The molecule has 0 fully saturated rings. The lowest BCUT2D eigenvalue weighted by atomic mass is 10.1. The van der Waals surface area contributed by atoms with Crippen molar-refractivity contribution in [1.29, 1.82) is 0 Å². The second kappa shape index (κ2) is 5.29. The van der Waals surface area contributed by atoms with Gasteiger partial charge in [-0.15, -0.1) is 0 Å². The number of para-hydroxylation sites is 1. The van der Waals surface area contributed by atoms with Gasteiger partial charge in [0.05, 0.1) is 5.52 Å². The summed E-state index contributed by atoms with van der Waals surface area (Å²) in [6.07, 6.45) is 1.60. The number of aromatic nitrogens is 2. The molecule has 0 aliphatic heterocycles. The summed E-state index contributed by atoms with van der Waals surface area (Å²) in [5.74, 6) is 0.878. The standard InChI is InChI=1S/C17H17N3/c1-12-7-9-14(10-8-12)13(2)20-17-15-5-3-4-6-16(15)18-11-19-17/h3-11,13H,1-2H3,(H,18,19,20)/t13-/m0/s1. The van der Waals surface area contributed by atoms with Crippen molar-refractivity contribution in [2.75, 3.05) is 5.32 Å². The predicted octanol–water partition coefficient (Wildman–Crippen LogP) is 4.11. The fourth-order valence-corrected chi connectivity index (χ4v) is 2.26. The molecule has 1 aromatic heterocycles. The van der Waals surface area contributed by atoms with Crippen molar-refractivity contribution in [2.24, 2.45) is 0 Å². The molecule has 0 bridgehead atoms. The van der Waals surface area contributed by atoms with Crippen molar-refractivity contribution in [3.8, 4) is 0 Å². The highest BCUT2D eigenvalue weighted by Crippen LogP contribution is 2.23. The van der Waals surface area contributed by atoms with Crippen molar-refractivity contribution in [2.45, 2.75) is 19.9 Å². The summed E-state index contributed by atoms with van der Waals surface area (Å²) in [6.45, 7) is 4.24. The summed E-state index contributed by atoms with van der Waals surface area (Å²) >= 11 is 0. The first kappa shape index (κ1) is 12.6. The second-order valence-corrected chi connectivity index (χ2v) is 5.02. The van der Waals surface area contributed by atoms with Crippen LogP contribution in [-0.2, 0) is 0 Å². The second-order valence-electron chi connectivity index (χ2n) is 5.02. The number of nitrogens with zero attached hydrogens (tertiary/aromatic N) is 2. The number of rotatable bonds is 3. The van der Waals surface area contributed by atoms with E-state index in [1.165, 1.54) is 11.1 Å².